The quantitative estimate of drug-likeness (QED) is 0.744. The van der Waals surface area contributed by atoms with Gasteiger partial charge in [0.1, 0.15) is 0 Å². The molecule has 0 radical (unpaired) electrons. The van der Waals surface area contributed by atoms with Crippen LogP contribution in [0, 0.1) is 0 Å². The predicted molar refractivity (Wildman–Crippen MR) is 79.9 cm³/mol. The number of piperidine rings is 1. The first-order valence-corrected chi connectivity index (χ1v) is 7.29. The topological polar surface area (TPSA) is 36.1 Å². The fourth-order valence-electron chi connectivity index (χ4n) is 3.63. The number of rotatable bonds is 0. The summed E-state index contributed by atoms with van der Waals surface area (Å²) in [6, 6.07) is 8.39. The first-order valence-electron chi connectivity index (χ1n) is 7.29. The van der Waals surface area contributed by atoms with Gasteiger partial charge in [0, 0.05) is 41.8 Å². The highest BCUT2D eigenvalue weighted by Crippen LogP contribution is 2.35. The zero-order valence-corrected chi connectivity index (χ0v) is 11.6. The van der Waals surface area contributed by atoms with Gasteiger partial charge in [0.15, 0.2) is 5.78 Å². The molecule has 102 valence electrons. The molecular formula is C17H18N2O. The minimum absolute atomic E-state index is 0.0140. The van der Waals surface area contributed by atoms with E-state index in [4.69, 9.17) is 0 Å². The molecule has 2 bridgehead atoms. The highest BCUT2D eigenvalue weighted by Gasteiger charge is 2.36. The summed E-state index contributed by atoms with van der Waals surface area (Å²) in [6.45, 7) is 4.68. The second-order valence-electron chi connectivity index (χ2n) is 5.78. The molecule has 1 unspecified atom stereocenters. The van der Waals surface area contributed by atoms with Crippen molar-refractivity contribution in [2.45, 2.75) is 19.3 Å². The molecule has 0 amide bonds. The van der Waals surface area contributed by atoms with Crippen LogP contribution in [0.5, 0.6) is 0 Å². The van der Waals surface area contributed by atoms with Crippen molar-refractivity contribution in [1.29, 1.82) is 0 Å². The van der Waals surface area contributed by atoms with Crippen LogP contribution in [0.2, 0.25) is 0 Å². The maximum atomic E-state index is 12.6. The second-order valence-corrected chi connectivity index (χ2v) is 5.78. The standard InChI is InChI=1S/C17H18N2O/c1-2-11-9-19-8-7-13-12-5-3-4-6-15(12)18-16(13)14(10-19)17(11)20/h2-6,14,18H,7-10H2,1H3/b11-2+/t14-/m0/s1. The van der Waals surface area contributed by atoms with E-state index in [-0.39, 0.29) is 5.92 Å². The van der Waals surface area contributed by atoms with Gasteiger partial charge in [0.25, 0.3) is 0 Å². The number of nitrogens with one attached hydrogen (secondary N) is 1. The van der Waals surface area contributed by atoms with E-state index in [1.807, 2.05) is 19.1 Å². The van der Waals surface area contributed by atoms with E-state index in [1.54, 1.807) is 0 Å². The number of ketones is 1. The van der Waals surface area contributed by atoms with Crippen molar-refractivity contribution < 1.29 is 4.79 Å². The molecule has 2 aromatic rings. The van der Waals surface area contributed by atoms with Crippen LogP contribution in [-0.2, 0) is 11.2 Å². The fraction of sp³-hybridized carbons (Fsp3) is 0.353. The maximum absolute atomic E-state index is 12.6. The first kappa shape index (κ1) is 11.9. The molecule has 0 spiro atoms. The Morgan fingerprint density at radius 3 is 3.05 bits per heavy atom. The van der Waals surface area contributed by atoms with Crippen molar-refractivity contribution in [3.8, 4) is 0 Å². The molecule has 2 atom stereocenters. The lowest BCUT2D eigenvalue weighted by molar-refractivity contribution is -0.118. The van der Waals surface area contributed by atoms with Gasteiger partial charge in [-0.25, -0.2) is 0 Å². The van der Waals surface area contributed by atoms with E-state index in [0.29, 0.717) is 5.78 Å². The number of Topliss-reactive ketones (excluding diaryl/α,β-unsaturated/α-hetero) is 1. The Balaban J connectivity index is 1.92. The summed E-state index contributed by atoms with van der Waals surface area (Å²) < 4.78 is 0. The minimum Gasteiger partial charge on any atom is -0.358 e. The predicted octanol–water partition coefficient (Wildman–Crippen LogP) is 2.64. The van der Waals surface area contributed by atoms with Crippen molar-refractivity contribution in [2.75, 3.05) is 19.6 Å². The number of hydrogen-bond donors (Lipinski definition) is 1. The Morgan fingerprint density at radius 1 is 1.35 bits per heavy atom. The molecule has 3 heteroatoms. The fourth-order valence-corrected chi connectivity index (χ4v) is 3.63. The number of benzene rings is 1. The van der Waals surface area contributed by atoms with Gasteiger partial charge < -0.3 is 4.98 Å². The van der Waals surface area contributed by atoms with Crippen LogP contribution in [0.1, 0.15) is 24.1 Å². The highest BCUT2D eigenvalue weighted by molar-refractivity contribution is 6.02. The lowest BCUT2D eigenvalue weighted by Crippen LogP contribution is -2.40. The van der Waals surface area contributed by atoms with Gasteiger partial charge in [0.05, 0.1) is 5.92 Å². The monoisotopic (exact) mass is 266 g/mol. The molecule has 20 heavy (non-hydrogen) atoms. The Morgan fingerprint density at radius 2 is 2.20 bits per heavy atom. The normalized spacial score (nSPS) is 27.6. The number of H-pyrrole nitrogens is 1. The SMILES string of the molecule is C/C=C1\CN2CCc3c([nH]c4ccccc34)[C@H](C2)C1=O. The molecule has 3 nitrogen and oxygen atoms in total. The van der Waals surface area contributed by atoms with E-state index >= 15 is 0 Å². The third-order valence-electron chi connectivity index (χ3n) is 4.69. The summed E-state index contributed by atoms with van der Waals surface area (Å²) in [5.74, 6) is 0.290. The Hall–Kier alpha value is -1.87. The van der Waals surface area contributed by atoms with Crippen LogP contribution >= 0.6 is 0 Å². The summed E-state index contributed by atoms with van der Waals surface area (Å²) in [5, 5.41) is 1.28. The zero-order chi connectivity index (χ0) is 13.7. The lowest BCUT2D eigenvalue weighted by atomic mass is 9.89. The van der Waals surface area contributed by atoms with Crippen molar-refractivity contribution >= 4 is 16.7 Å². The third kappa shape index (κ3) is 1.59. The van der Waals surface area contributed by atoms with Gasteiger partial charge in [-0.15, -0.1) is 0 Å². The average Bonchev–Trinajstić information content (AvgIpc) is 2.77. The van der Waals surface area contributed by atoms with E-state index < -0.39 is 0 Å². The summed E-state index contributed by atoms with van der Waals surface area (Å²) >= 11 is 0. The molecule has 1 fully saturated rings. The number of hydrogen-bond acceptors (Lipinski definition) is 2. The van der Waals surface area contributed by atoms with Crippen molar-refractivity contribution in [2.24, 2.45) is 0 Å². The van der Waals surface area contributed by atoms with Gasteiger partial charge >= 0.3 is 0 Å². The number of aromatic nitrogens is 1. The van der Waals surface area contributed by atoms with E-state index in [2.05, 4.69) is 28.1 Å². The van der Waals surface area contributed by atoms with Crippen LogP contribution in [-0.4, -0.2) is 35.3 Å². The number of para-hydroxylation sites is 1. The van der Waals surface area contributed by atoms with Crippen molar-refractivity contribution in [1.82, 2.24) is 9.88 Å². The number of fused-ring (bicyclic) bond motifs is 6. The lowest BCUT2D eigenvalue weighted by Gasteiger charge is -2.30. The summed E-state index contributed by atoms with van der Waals surface area (Å²) in [5.41, 5.74) is 4.62. The van der Waals surface area contributed by atoms with Crippen molar-refractivity contribution in [3.63, 3.8) is 0 Å². The molecule has 0 saturated carbocycles. The number of nitrogens with zero attached hydrogens (tertiary/aromatic N) is 1. The van der Waals surface area contributed by atoms with E-state index in [9.17, 15) is 4.79 Å². The minimum atomic E-state index is -0.0140. The second kappa shape index (κ2) is 4.32. The summed E-state index contributed by atoms with van der Waals surface area (Å²) in [6.07, 6.45) is 3.01. The van der Waals surface area contributed by atoms with Crippen LogP contribution < -0.4 is 0 Å². The molecule has 1 saturated heterocycles. The van der Waals surface area contributed by atoms with Crippen molar-refractivity contribution in [3.05, 3.63) is 47.2 Å². The molecule has 4 rings (SSSR count). The summed E-state index contributed by atoms with van der Waals surface area (Å²) in [7, 11) is 0. The largest absolute Gasteiger partial charge is 0.358 e. The van der Waals surface area contributed by atoms with Gasteiger partial charge in [0.2, 0.25) is 0 Å². The van der Waals surface area contributed by atoms with Gasteiger partial charge in [-0.2, -0.15) is 0 Å². The Bertz CT molecular complexity index is 726. The number of aromatic amines is 1. The van der Waals surface area contributed by atoms with Gasteiger partial charge in [-0.05, 0) is 25.0 Å². The Labute approximate surface area is 118 Å². The first-order chi connectivity index (χ1) is 9.78. The third-order valence-corrected chi connectivity index (χ3v) is 4.69. The van der Waals surface area contributed by atoms with Crippen LogP contribution in [0.3, 0.4) is 0 Å². The molecule has 0 aliphatic carbocycles. The Kier molecular flexibility index (Phi) is 2.57. The highest BCUT2D eigenvalue weighted by atomic mass is 16.1. The molecule has 1 aromatic carbocycles. The van der Waals surface area contributed by atoms with Gasteiger partial charge in [-0.1, -0.05) is 24.3 Å². The molecule has 1 N–H and O–H groups in total. The van der Waals surface area contributed by atoms with Crippen LogP contribution in [0.4, 0.5) is 0 Å². The molecule has 3 heterocycles. The van der Waals surface area contributed by atoms with Crippen LogP contribution in [0.15, 0.2) is 35.9 Å². The molecule has 2 aliphatic rings. The average molecular weight is 266 g/mol. The van der Waals surface area contributed by atoms with Crippen LogP contribution in [0.25, 0.3) is 10.9 Å². The zero-order valence-electron chi connectivity index (χ0n) is 11.6. The van der Waals surface area contributed by atoms with E-state index in [0.717, 1.165) is 42.8 Å². The number of carbonyl (C=O) groups excluding carboxylic acids is 1. The summed E-state index contributed by atoms with van der Waals surface area (Å²) in [4.78, 5) is 18.6. The number of carbonyl (C=O) groups is 1. The smallest absolute Gasteiger partial charge is 0.170 e. The van der Waals surface area contributed by atoms with E-state index in [1.165, 1.54) is 10.9 Å². The molecular weight excluding hydrogens is 248 g/mol. The number of allylic oxidation sites excluding steroid dienone is 1. The van der Waals surface area contributed by atoms with Gasteiger partial charge in [-0.3, -0.25) is 9.69 Å². The molecule has 1 aromatic heterocycles. The molecule has 2 aliphatic heterocycles. The maximum Gasteiger partial charge on any atom is 0.170 e.